The molecule has 0 aromatic rings. The molecule has 2 unspecified atom stereocenters. The van der Waals surface area contributed by atoms with E-state index in [0.717, 1.165) is 32.1 Å². The van der Waals surface area contributed by atoms with Crippen molar-refractivity contribution in [2.45, 2.75) is 103 Å². The molecular formula is C24H49NO3P+. The van der Waals surface area contributed by atoms with Crippen molar-refractivity contribution in [2.24, 2.45) is 0 Å². The second kappa shape index (κ2) is 17.3. The molecule has 0 aliphatic rings. The molecule has 0 spiro atoms. The van der Waals surface area contributed by atoms with Crippen molar-refractivity contribution in [1.82, 2.24) is 0 Å². The van der Waals surface area contributed by atoms with Crippen molar-refractivity contribution in [3.63, 3.8) is 0 Å². The minimum absolute atomic E-state index is 0.349. The van der Waals surface area contributed by atoms with E-state index in [1.807, 2.05) is 28.1 Å². The van der Waals surface area contributed by atoms with Gasteiger partial charge in [-0.3, -0.25) is 4.57 Å². The van der Waals surface area contributed by atoms with Gasteiger partial charge in [-0.1, -0.05) is 51.0 Å². The summed E-state index contributed by atoms with van der Waals surface area (Å²) in [6.07, 6.45) is 23.7. The standard InChI is InChI=1S/C24H48NO3P/c1-6-8-9-10-11-12-13-14-15-16-17-18-19-20-21-23-28-29(26,27)24(22-7-2)25(3,4)5/h11-12,17-18,24H,6-10,13-16,19-23H2,1-5H3/p+1/b12-11-,18-17-. The number of quaternary nitrogens is 1. The van der Waals surface area contributed by atoms with E-state index in [-0.39, 0.29) is 5.78 Å². The highest BCUT2D eigenvalue weighted by molar-refractivity contribution is 7.53. The van der Waals surface area contributed by atoms with Crippen molar-refractivity contribution < 1.29 is 18.5 Å². The Morgan fingerprint density at radius 1 is 0.793 bits per heavy atom. The summed E-state index contributed by atoms with van der Waals surface area (Å²) in [4.78, 5) is 10.4. The molecule has 2 atom stereocenters. The van der Waals surface area contributed by atoms with Crippen LogP contribution in [-0.4, -0.2) is 42.9 Å². The van der Waals surface area contributed by atoms with E-state index in [4.69, 9.17) is 4.52 Å². The van der Waals surface area contributed by atoms with Gasteiger partial charge in [0.2, 0.25) is 0 Å². The van der Waals surface area contributed by atoms with E-state index in [1.165, 1.54) is 44.9 Å². The summed E-state index contributed by atoms with van der Waals surface area (Å²) in [6, 6.07) is 0. The molecule has 29 heavy (non-hydrogen) atoms. The van der Waals surface area contributed by atoms with Gasteiger partial charge in [0.25, 0.3) is 0 Å². The van der Waals surface area contributed by atoms with Gasteiger partial charge in [-0.2, -0.15) is 0 Å². The second-order valence-electron chi connectivity index (χ2n) is 9.00. The summed E-state index contributed by atoms with van der Waals surface area (Å²) in [6.45, 7) is 4.65. The molecule has 0 aliphatic heterocycles. The van der Waals surface area contributed by atoms with Crippen LogP contribution in [0.2, 0.25) is 0 Å². The highest BCUT2D eigenvalue weighted by Crippen LogP contribution is 2.51. The maximum Gasteiger partial charge on any atom is 0.385 e. The third kappa shape index (κ3) is 16.0. The third-order valence-electron chi connectivity index (χ3n) is 5.16. The van der Waals surface area contributed by atoms with Crippen LogP contribution in [0.1, 0.15) is 97.3 Å². The molecule has 0 aromatic heterocycles. The Morgan fingerprint density at radius 3 is 1.66 bits per heavy atom. The molecule has 0 amide bonds. The average Bonchev–Trinajstić information content (AvgIpc) is 2.64. The van der Waals surface area contributed by atoms with Gasteiger partial charge in [-0.15, -0.1) is 0 Å². The molecule has 5 heteroatoms. The molecule has 0 radical (unpaired) electrons. The van der Waals surface area contributed by atoms with E-state index in [1.54, 1.807) is 0 Å². The van der Waals surface area contributed by atoms with Crippen molar-refractivity contribution in [1.29, 1.82) is 0 Å². The SMILES string of the molecule is CCCCC/C=C\CCCC/C=C\CCCCOP(=O)(O)C(CCC)[N+](C)(C)C. The van der Waals surface area contributed by atoms with Gasteiger partial charge in [-0.25, -0.2) is 0 Å². The number of hydrogen-bond acceptors (Lipinski definition) is 2. The van der Waals surface area contributed by atoms with Crippen molar-refractivity contribution in [3.8, 4) is 0 Å². The zero-order chi connectivity index (χ0) is 22.0. The normalized spacial score (nSPS) is 15.9. The third-order valence-corrected chi connectivity index (χ3v) is 7.42. The topological polar surface area (TPSA) is 46.5 Å². The van der Waals surface area contributed by atoms with E-state index in [2.05, 4.69) is 31.2 Å². The molecule has 4 nitrogen and oxygen atoms in total. The number of allylic oxidation sites excluding steroid dienone is 4. The first-order valence-electron chi connectivity index (χ1n) is 11.8. The van der Waals surface area contributed by atoms with Crippen LogP contribution in [0.15, 0.2) is 24.3 Å². The van der Waals surface area contributed by atoms with Gasteiger partial charge in [0, 0.05) is 6.42 Å². The molecular weight excluding hydrogens is 381 g/mol. The van der Waals surface area contributed by atoms with Crippen LogP contribution in [0.25, 0.3) is 0 Å². The molecule has 0 saturated heterocycles. The van der Waals surface area contributed by atoms with Gasteiger partial charge in [0.15, 0.2) is 5.78 Å². The Balaban J connectivity index is 3.75. The fourth-order valence-electron chi connectivity index (χ4n) is 3.40. The lowest BCUT2D eigenvalue weighted by atomic mass is 10.1. The number of rotatable bonds is 19. The first-order valence-corrected chi connectivity index (χ1v) is 13.5. The largest absolute Gasteiger partial charge is 0.385 e. The Hall–Kier alpha value is -0.410. The lowest BCUT2D eigenvalue weighted by Crippen LogP contribution is -2.45. The number of nitrogens with zero attached hydrogens (tertiary/aromatic N) is 1. The quantitative estimate of drug-likeness (QED) is 0.100. The number of hydrogen-bond donors (Lipinski definition) is 1. The van der Waals surface area contributed by atoms with Gasteiger partial charge in [-0.05, 0) is 64.2 Å². The van der Waals surface area contributed by atoms with Crippen LogP contribution >= 0.6 is 7.60 Å². The van der Waals surface area contributed by atoms with E-state index < -0.39 is 7.60 Å². The first kappa shape index (κ1) is 28.6. The summed E-state index contributed by atoms with van der Waals surface area (Å²) < 4.78 is 18.5. The molecule has 0 bridgehead atoms. The van der Waals surface area contributed by atoms with Crippen molar-refractivity contribution in [2.75, 3.05) is 27.7 Å². The zero-order valence-electron chi connectivity index (χ0n) is 19.9. The van der Waals surface area contributed by atoms with Crippen LogP contribution in [0.4, 0.5) is 0 Å². The summed E-state index contributed by atoms with van der Waals surface area (Å²) in [5.41, 5.74) is 0. The number of unbranched alkanes of at least 4 members (excludes halogenated alkanes) is 8. The van der Waals surface area contributed by atoms with Crippen LogP contribution in [0, 0.1) is 0 Å². The van der Waals surface area contributed by atoms with Crippen LogP contribution in [0.5, 0.6) is 0 Å². The molecule has 0 saturated carbocycles. The second-order valence-corrected chi connectivity index (χ2v) is 11.0. The molecule has 0 aliphatic carbocycles. The van der Waals surface area contributed by atoms with Gasteiger partial charge in [0.1, 0.15) is 0 Å². The molecule has 0 aromatic carbocycles. The van der Waals surface area contributed by atoms with Crippen LogP contribution in [0.3, 0.4) is 0 Å². The minimum Gasteiger partial charge on any atom is -0.320 e. The Morgan fingerprint density at radius 2 is 1.24 bits per heavy atom. The summed E-state index contributed by atoms with van der Waals surface area (Å²) >= 11 is 0. The van der Waals surface area contributed by atoms with E-state index in [9.17, 15) is 9.46 Å². The van der Waals surface area contributed by atoms with Crippen LogP contribution < -0.4 is 0 Å². The Bertz CT molecular complexity index is 483. The van der Waals surface area contributed by atoms with E-state index >= 15 is 0 Å². The Labute approximate surface area is 181 Å². The van der Waals surface area contributed by atoms with Gasteiger partial charge < -0.3 is 13.9 Å². The average molecular weight is 431 g/mol. The van der Waals surface area contributed by atoms with Crippen molar-refractivity contribution in [3.05, 3.63) is 24.3 Å². The summed E-state index contributed by atoms with van der Waals surface area (Å²) in [5, 5.41) is 0. The minimum atomic E-state index is -3.58. The smallest absolute Gasteiger partial charge is 0.320 e. The maximum atomic E-state index is 12.6. The predicted molar refractivity (Wildman–Crippen MR) is 127 cm³/mol. The highest BCUT2D eigenvalue weighted by Gasteiger charge is 2.41. The van der Waals surface area contributed by atoms with E-state index in [0.29, 0.717) is 17.5 Å². The molecule has 0 heterocycles. The zero-order valence-corrected chi connectivity index (χ0v) is 20.8. The lowest BCUT2D eigenvalue weighted by Gasteiger charge is -2.35. The summed E-state index contributed by atoms with van der Waals surface area (Å²) in [5.74, 6) is -0.349. The Kier molecular flexibility index (Phi) is 17.0. The molecule has 172 valence electrons. The first-order chi connectivity index (χ1) is 13.8. The molecule has 1 N–H and O–H groups in total. The van der Waals surface area contributed by atoms with Gasteiger partial charge >= 0.3 is 7.60 Å². The predicted octanol–water partition coefficient (Wildman–Crippen LogP) is 7.44. The fourth-order valence-corrected chi connectivity index (χ4v) is 5.42. The fraction of sp³-hybridized carbons (Fsp3) is 0.833. The van der Waals surface area contributed by atoms with Crippen LogP contribution in [-0.2, 0) is 9.09 Å². The molecule has 0 rings (SSSR count). The van der Waals surface area contributed by atoms with Crippen molar-refractivity contribution >= 4 is 7.60 Å². The van der Waals surface area contributed by atoms with Gasteiger partial charge in [0.05, 0.1) is 27.7 Å². The lowest BCUT2D eigenvalue weighted by molar-refractivity contribution is -0.883. The summed E-state index contributed by atoms with van der Waals surface area (Å²) in [7, 11) is 2.30. The monoisotopic (exact) mass is 430 g/mol. The highest BCUT2D eigenvalue weighted by atomic mass is 31.2. The molecule has 0 fully saturated rings. The maximum absolute atomic E-state index is 12.6.